The second kappa shape index (κ2) is 11.6. The maximum Gasteiger partial charge on any atom is 0.338 e. The van der Waals surface area contributed by atoms with E-state index < -0.39 is 29.2 Å². The molecule has 4 aromatic rings. The second-order valence-corrected chi connectivity index (χ2v) is 9.86. The minimum Gasteiger partial charge on any atom is -0.478 e. The van der Waals surface area contributed by atoms with E-state index in [0.717, 1.165) is 12.1 Å². The molecular weight excluding hydrogens is 539 g/mol. The van der Waals surface area contributed by atoms with Crippen LogP contribution < -0.4 is 16.0 Å². The van der Waals surface area contributed by atoms with Crippen LogP contribution in [0.2, 0.25) is 5.02 Å². The fourth-order valence-electron chi connectivity index (χ4n) is 4.06. The number of benzene rings is 3. The maximum atomic E-state index is 13.7. The van der Waals surface area contributed by atoms with E-state index in [9.17, 15) is 23.6 Å². The number of carboxylic acid groups (broad SMARTS) is 1. The molecule has 0 unspecified atom stereocenters. The van der Waals surface area contributed by atoms with Crippen LogP contribution in [-0.4, -0.2) is 33.4 Å². The lowest BCUT2D eigenvalue weighted by Gasteiger charge is -2.11. The van der Waals surface area contributed by atoms with Gasteiger partial charge in [-0.2, -0.15) is 0 Å². The molecule has 11 heteroatoms. The van der Waals surface area contributed by atoms with Crippen LogP contribution in [0.3, 0.4) is 0 Å². The predicted molar refractivity (Wildman–Crippen MR) is 150 cm³/mol. The summed E-state index contributed by atoms with van der Waals surface area (Å²) in [5, 5.41) is 18.2. The number of hydrogen-bond acceptors (Lipinski definition) is 4. The second-order valence-electron chi connectivity index (χ2n) is 9.46. The van der Waals surface area contributed by atoms with E-state index in [2.05, 4.69) is 16.0 Å². The van der Waals surface area contributed by atoms with Crippen LogP contribution in [0, 0.1) is 11.7 Å². The molecular formula is C29H26ClFN4O5. The predicted octanol–water partition coefficient (Wildman–Crippen LogP) is 5.45. The Hall–Kier alpha value is -4.70. The third kappa shape index (κ3) is 6.13. The fraction of sp³-hybridized carbons (Fsp3) is 0.172. The number of amides is 3. The largest absolute Gasteiger partial charge is 0.478 e. The average Bonchev–Trinajstić information content (AvgIpc) is 3.24. The van der Waals surface area contributed by atoms with Crippen molar-refractivity contribution >= 4 is 57.6 Å². The van der Waals surface area contributed by atoms with Gasteiger partial charge in [-0.1, -0.05) is 31.5 Å². The van der Waals surface area contributed by atoms with Crippen LogP contribution in [0.25, 0.3) is 10.9 Å². The first-order chi connectivity index (χ1) is 18.9. The number of aryl methyl sites for hydroxylation is 1. The number of carboxylic acids is 1. The van der Waals surface area contributed by atoms with Gasteiger partial charge in [-0.05, 0) is 60.2 Å². The van der Waals surface area contributed by atoms with Crippen molar-refractivity contribution in [3.05, 3.63) is 93.9 Å². The van der Waals surface area contributed by atoms with Gasteiger partial charge in [0.2, 0.25) is 5.91 Å². The SMILES string of the molecule is CC(C)C(=O)NCc1ccc(Cl)c(C(=O)Nc2ccc3c(c2)cc(C(=O)Nc2ccc(F)c(C(=O)O)c2)n3C)c1. The topological polar surface area (TPSA) is 130 Å². The van der Waals surface area contributed by atoms with Gasteiger partial charge in [-0.3, -0.25) is 14.4 Å². The zero-order valence-electron chi connectivity index (χ0n) is 21.8. The Kier molecular flexibility index (Phi) is 8.20. The number of carbonyl (C=O) groups is 4. The molecule has 9 nitrogen and oxygen atoms in total. The zero-order valence-corrected chi connectivity index (χ0v) is 22.6. The number of aromatic nitrogens is 1. The molecule has 0 fully saturated rings. The quantitative estimate of drug-likeness (QED) is 0.226. The summed E-state index contributed by atoms with van der Waals surface area (Å²) in [5.41, 5.74) is 1.97. The van der Waals surface area contributed by atoms with E-state index in [1.165, 1.54) is 6.07 Å². The summed E-state index contributed by atoms with van der Waals surface area (Å²) < 4.78 is 15.3. The molecule has 4 N–H and O–H groups in total. The van der Waals surface area contributed by atoms with Gasteiger partial charge in [-0.15, -0.1) is 0 Å². The van der Waals surface area contributed by atoms with Gasteiger partial charge >= 0.3 is 5.97 Å². The van der Waals surface area contributed by atoms with Gasteiger partial charge in [0.15, 0.2) is 0 Å². The normalized spacial score (nSPS) is 10.9. The fourth-order valence-corrected chi connectivity index (χ4v) is 4.26. The minimum absolute atomic E-state index is 0.104. The highest BCUT2D eigenvalue weighted by molar-refractivity contribution is 6.34. The average molecular weight is 565 g/mol. The van der Waals surface area contributed by atoms with Crippen molar-refractivity contribution in [1.29, 1.82) is 0 Å². The van der Waals surface area contributed by atoms with E-state index in [1.54, 1.807) is 67.9 Å². The number of halogens is 2. The number of carbonyl (C=O) groups excluding carboxylic acids is 3. The lowest BCUT2D eigenvalue weighted by atomic mass is 10.1. The van der Waals surface area contributed by atoms with Crippen molar-refractivity contribution in [3.8, 4) is 0 Å². The van der Waals surface area contributed by atoms with Crippen LogP contribution in [0.4, 0.5) is 15.8 Å². The number of hydrogen-bond donors (Lipinski definition) is 4. The molecule has 0 radical (unpaired) electrons. The monoisotopic (exact) mass is 564 g/mol. The van der Waals surface area contributed by atoms with E-state index in [4.69, 9.17) is 16.7 Å². The standard InChI is InChI=1S/C29H26ClFN4O5/c1-15(2)26(36)32-14-16-4-7-22(30)20(10-16)27(37)33-18-6-9-24-17(11-18)12-25(35(24)3)28(38)34-19-5-8-23(31)21(13-19)29(39)40/h4-13,15H,14H2,1-3H3,(H,32,36)(H,33,37)(H,34,38)(H,39,40). The highest BCUT2D eigenvalue weighted by atomic mass is 35.5. The first-order valence-electron chi connectivity index (χ1n) is 12.3. The molecule has 0 saturated carbocycles. The van der Waals surface area contributed by atoms with Crippen molar-refractivity contribution in [2.45, 2.75) is 20.4 Å². The first kappa shape index (κ1) is 28.3. The van der Waals surface area contributed by atoms with Gasteiger partial charge in [0, 0.05) is 41.8 Å². The molecule has 0 aliphatic heterocycles. The molecule has 1 aromatic heterocycles. The Morgan fingerprint density at radius 3 is 2.27 bits per heavy atom. The Morgan fingerprint density at radius 2 is 1.57 bits per heavy atom. The number of fused-ring (bicyclic) bond motifs is 1. The first-order valence-corrected chi connectivity index (χ1v) is 12.6. The summed E-state index contributed by atoms with van der Waals surface area (Å²) in [6.07, 6.45) is 0. The van der Waals surface area contributed by atoms with Crippen LogP contribution in [0.5, 0.6) is 0 Å². The van der Waals surface area contributed by atoms with E-state index >= 15 is 0 Å². The number of nitrogens with one attached hydrogen (secondary N) is 3. The summed E-state index contributed by atoms with van der Waals surface area (Å²) in [4.78, 5) is 49.1. The Bertz CT molecular complexity index is 1660. The van der Waals surface area contributed by atoms with Crippen molar-refractivity contribution < 1.29 is 28.7 Å². The Morgan fingerprint density at radius 1 is 0.900 bits per heavy atom. The highest BCUT2D eigenvalue weighted by Crippen LogP contribution is 2.25. The molecule has 1 heterocycles. The number of aromatic carboxylic acids is 1. The number of nitrogens with zero attached hydrogens (tertiary/aromatic N) is 1. The number of anilines is 2. The van der Waals surface area contributed by atoms with Crippen molar-refractivity contribution in [3.63, 3.8) is 0 Å². The molecule has 0 saturated heterocycles. The van der Waals surface area contributed by atoms with E-state index in [0.29, 0.717) is 22.2 Å². The zero-order chi connectivity index (χ0) is 29.1. The molecule has 40 heavy (non-hydrogen) atoms. The van der Waals surface area contributed by atoms with Crippen molar-refractivity contribution in [2.24, 2.45) is 13.0 Å². The third-order valence-electron chi connectivity index (χ3n) is 6.25. The van der Waals surface area contributed by atoms with Crippen molar-refractivity contribution in [1.82, 2.24) is 9.88 Å². The summed E-state index contributed by atoms with van der Waals surface area (Å²) >= 11 is 6.28. The van der Waals surface area contributed by atoms with Crippen LogP contribution in [-0.2, 0) is 18.4 Å². The van der Waals surface area contributed by atoms with Gasteiger partial charge in [-0.25, -0.2) is 9.18 Å². The van der Waals surface area contributed by atoms with Crippen LogP contribution >= 0.6 is 11.6 Å². The molecule has 0 spiro atoms. The lowest BCUT2D eigenvalue weighted by Crippen LogP contribution is -2.27. The molecule has 0 bridgehead atoms. The smallest absolute Gasteiger partial charge is 0.338 e. The van der Waals surface area contributed by atoms with E-state index in [1.807, 2.05) is 0 Å². The molecule has 0 atom stereocenters. The molecule has 3 amide bonds. The van der Waals surface area contributed by atoms with Gasteiger partial charge in [0.05, 0.1) is 16.1 Å². The summed E-state index contributed by atoms with van der Waals surface area (Å²) in [7, 11) is 1.69. The van der Waals surface area contributed by atoms with Gasteiger partial charge in [0.1, 0.15) is 11.5 Å². The van der Waals surface area contributed by atoms with Gasteiger partial charge in [0.25, 0.3) is 11.8 Å². The summed E-state index contributed by atoms with van der Waals surface area (Å²) in [5.74, 6) is -3.59. The molecule has 0 aliphatic carbocycles. The summed E-state index contributed by atoms with van der Waals surface area (Å²) in [6.45, 7) is 3.83. The summed E-state index contributed by atoms with van der Waals surface area (Å²) in [6, 6.07) is 15.0. The Labute approximate surface area is 233 Å². The van der Waals surface area contributed by atoms with Crippen molar-refractivity contribution in [2.75, 3.05) is 10.6 Å². The number of rotatable bonds is 8. The maximum absolute atomic E-state index is 13.7. The lowest BCUT2D eigenvalue weighted by molar-refractivity contribution is -0.124. The van der Waals surface area contributed by atoms with Gasteiger partial charge < -0.3 is 25.6 Å². The third-order valence-corrected chi connectivity index (χ3v) is 6.58. The minimum atomic E-state index is -1.45. The van der Waals surface area contributed by atoms with E-state index in [-0.39, 0.29) is 40.3 Å². The Balaban J connectivity index is 1.52. The molecule has 0 aliphatic rings. The van der Waals surface area contributed by atoms with Crippen LogP contribution in [0.15, 0.2) is 60.7 Å². The highest BCUT2D eigenvalue weighted by Gasteiger charge is 2.18. The molecule has 206 valence electrons. The van der Waals surface area contributed by atoms with Crippen LogP contribution in [0.1, 0.15) is 50.6 Å². The molecule has 4 rings (SSSR count). The molecule has 3 aromatic carbocycles.